The van der Waals surface area contributed by atoms with Crippen molar-refractivity contribution in [1.82, 2.24) is 14.3 Å². The molecular formula is C48H53ClN8+2. The van der Waals surface area contributed by atoms with Crippen LogP contribution in [0, 0.1) is 20.8 Å². The Hall–Kier alpha value is -5.70. The summed E-state index contributed by atoms with van der Waals surface area (Å²) in [4.78, 5) is 10.2. The molecule has 6 aromatic rings. The van der Waals surface area contributed by atoms with Gasteiger partial charge in [-0.1, -0.05) is 62.1 Å². The van der Waals surface area contributed by atoms with Crippen molar-refractivity contribution in [3.05, 3.63) is 137 Å². The fraction of sp³-hybridized carbons (Fsp3) is 0.271. The molecule has 2 unspecified atom stereocenters. The van der Waals surface area contributed by atoms with Crippen LogP contribution in [0.2, 0.25) is 0 Å². The number of fused-ring (bicyclic) bond motifs is 4. The number of aliphatic imine (C=N–C) groups is 1. The third-order valence-corrected chi connectivity index (χ3v) is 12.2. The van der Waals surface area contributed by atoms with Gasteiger partial charge in [-0.05, 0) is 87.6 Å². The molecule has 0 fully saturated rings. The Balaban J connectivity index is 0.853. The summed E-state index contributed by atoms with van der Waals surface area (Å²) < 4.78 is 2.37. The minimum absolute atomic E-state index is 0.0705. The Labute approximate surface area is 341 Å². The van der Waals surface area contributed by atoms with Crippen LogP contribution in [0.5, 0.6) is 0 Å². The number of nitrogens with one attached hydrogen (secondary N) is 2. The highest BCUT2D eigenvalue weighted by Gasteiger charge is 2.49. The molecule has 0 saturated heterocycles. The number of nitrogens with zero attached hydrogens (tertiary/aromatic N) is 4. The number of unbranched alkanes of at least 4 members (excludes halogenated alkanes) is 5. The number of nitrogens with two attached hydrogens (primary N) is 2. The molecule has 0 amide bonds. The van der Waals surface area contributed by atoms with E-state index in [4.69, 9.17) is 33.2 Å². The van der Waals surface area contributed by atoms with Crippen LogP contribution in [0.3, 0.4) is 0 Å². The van der Waals surface area contributed by atoms with Crippen molar-refractivity contribution < 1.29 is 4.57 Å². The van der Waals surface area contributed by atoms with Gasteiger partial charge in [0.25, 0.3) is 0 Å². The van der Waals surface area contributed by atoms with E-state index < -0.39 is 0 Å². The van der Waals surface area contributed by atoms with Crippen LogP contribution in [-0.4, -0.2) is 29.8 Å². The number of halogens is 1. The number of rotatable bonds is 13. The average Bonchev–Trinajstić information content (AvgIpc) is 3.21. The number of quaternary nitrogens is 1. The molecular weight excluding hydrogens is 724 g/mol. The molecule has 6 N–H and O–H groups in total. The molecule has 2 atom stereocenters. The van der Waals surface area contributed by atoms with E-state index in [0.717, 1.165) is 110 Å². The number of hydrogen-bond donors (Lipinski definition) is 4. The van der Waals surface area contributed by atoms with Crippen LogP contribution in [0.4, 0.5) is 34.1 Å². The van der Waals surface area contributed by atoms with Gasteiger partial charge < -0.3 is 22.1 Å². The van der Waals surface area contributed by atoms with Crippen molar-refractivity contribution in [1.29, 1.82) is 0 Å². The minimum atomic E-state index is -0.188. The smallest absolute Gasteiger partial charge is 0.242 e. The zero-order chi connectivity index (χ0) is 39.7. The first kappa shape index (κ1) is 38.2. The fourth-order valence-corrected chi connectivity index (χ4v) is 8.74. The van der Waals surface area contributed by atoms with Gasteiger partial charge in [-0.15, -0.1) is 8.57 Å². The number of allylic oxidation sites excluding steroid dienone is 1. The lowest BCUT2D eigenvalue weighted by Gasteiger charge is -2.40. The summed E-state index contributed by atoms with van der Waals surface area (Å²) in [6.45, 7) is 10.2. The summed E-state index contributed by atoms with van der Waals surface area (Å²) in [6.07, 6.45) is 11.5. The molecule has 2 aliphatic rings. The second-order valence-electron chi connectivity index (χ2n) is 15.6. The second kappa shape index (κ2) is 16.0. The molecule has 1 aliphatic heterocycles. The molecule has 290 valence electrons. The van der Waals surface area contributed by atoms with E-state index in [0.29, 0.717) is 0 Å². The third-order valence-electron chi connectivity index (χ3n) is 11.6. The van der Waals surface area contributed by atoms with Gasteiger partial charge in [0.05, 0.1) is 0 Å². The lowest BCUT2D eigenvalue weighted by atomic mass is 9.93. The standard InChI is InChI=1S/C48H52ClN8/c1-31-25-42-45(28-37(31)50)56(35-17-11-9-12-18-35)48-34(4)39(21-22-40(48)54-42)52-23-15-7-5-6-8-16-24-53-41-30-47-44(27-33(41)3)55-43-26-32(2)38(51)29-46(43)57(47,49)36-19-13-10-14-20-36/h9-14,17-22,25-30,47,53H,5-8,15-16,23-24,51H2,1-4H3,(H2,50,52)/q+1/p+1. The number of hydrogen-bond acceptors (Lipinski definition) is 6. The maximum absolute atomic E-state index is 7.71. The van der Waals surface area contributed by atoms with Gasteiger partial charge in [0.2, 0.25) is 16.7 Å². The first-order valence-electron chi connectivity index (χ1n) is 20.3. The average molecular weight is 777 g/mol. The molecule has 0 radical (unpaired) electrons. The summed E-state index contributed by atoms with van der Waals surface area (Å²) in [7, 11) is 0. The van der Waals surface area contributed by atoms with Crippen LogP contribution >= 0.6 is 11.8 Å². The summed E-state index contributed by atoms with van der Waals surface area (Å²) in [6, 6.07) is 33.0. The Morgan fingerprint density at radius 2 is 1.37 bits per heavy atom. The molecule has 0 saturated carbocycles. The highest BCUT2D eigenvalue weighted by Crippen LogP contribution is 2.51. The Bertz CT molecular complexity index is 2560. The van der Waals surface area contributed by atoms with Crippen molar-refractivity contribution in [2.75, 3.05) is 29.9 Å². The molecule has 2 heterocycles. The van der Waals surface area contributed by atoms with E-state index in [2.05, 4.69) is 102 Å². The minimum Gasteiger partial charge on any atom is -0.398 e. The molecule has 0 spiro atoms. The summed E-state index contributed by atoms with van der Waals surface area (Å²) in [5.41, 5.74) is 29.8. The molecule has 9 heteroatoms. The quantitative estimate of drug-likeness (QED) is 0.0307. The van der Waals surface area contributed by atoms with Crippen LogP contribution in [0.1, 0.15) is 62.1 Å². The molecule has 8 nitrogen and oxygen atoms in total. The van der Waals surface area contributed by atoms with E-state index in [1.807, 2.05) is 50.2 Å². The van der Waals surface area contributed by atoms with Crippen LogP contribution in [0.15, 0.2) is 125 Å². The van der Waals surface area contributed by atoms with Gasteiger partial charge in [0, 0.05) is 83.9 Å². The maximum Gasteiger partial charge on any atom is 0.242 e. The number of aryl methyl sites for hydroxylation is 3. The first-order valence-corrected chi connectivity index (χ1v) is 20.6. The fourth-order valence-electron chi connectivity index (χ4n) is 8.34. The van der Waals surface area contributed by atoms with E-state index >= 15 is 0 Å². The molecule has 8 rings (SSSR count). The predicted molar refractivity (Wildman–Crippen MR) is 241 cm³/mol. The monoisotopic (exact) mass is 776 g/mol. The van der Waals surface area contributed by atoms with Gasteiger partial charge >= 0.3 is 0 Å². The summed E-state index contributed by atoms with van der Waals surface area (Å²) in [5.74, 6) is 0. The van der Waals surface area contributed by atoms with Crippen molar-refractivity contribution in [2.24, 2.45) is 4.99 Å². The highest BCUT2D eigenvalue weighted by molar-refractivity contribution is 6.30. The van der Waals surface area contributed by atoms with E-state index in [1.165, 1.54) is 36.8 Å². The summed E-state index contributed by atoms with van der Waals surface area (Å²) in [5, 5.41) is 7.47. The van der Waals surface area contributed by atoms with Crippen LogP contribution in [0.25, 0.3) is 27.8 Å². The lowest BCUT2D eigenvalue weighted by Crippen LogP contribution is -2.51. The SMILES string of the molecule is CC1=CC2=Nc3cc(C)c(N)cc3[N+](Cl)(c3ccccc3)C2C=C1NCCCCCCCCNc1ccc2nc3cc(C)c(N)cc3[n+](-c3ccccc3)c2c1C. The second-order valence-corrected chi connectivity index (χ2v) is 16.2. The zero-order valence-corrected chi connectivity index (χ0v) is 34.2. The largest absolute Gasteiger partial charge is 0.398 e. The maximum atomic E-state index is 7.71. The molecule has 0 bridgehead atoms. The Morgan fingerprint density at radius 3 is 2.11 bits per heavy atom. The van der Waals surface area contributed by atoms with Crippen molar-refractivity contribution in [2.45, 2.75) is 72.3 Å². The van der Waals surface area contributed by atoms with Crippen LogP contribution in [-0.2, 0) is 0 Å². The van der Waals surface area contributed by atoms with E-state index in [-0.39, 0.29) is 10.0 Å². The first-order chi connectivity index (χ1) is 27.6. The number of para-hydroxylation sites is 2. The molecule has 1 aromatic heterocycles. The van der Waals surface area contributed by atoms with Crippen LogP contribution < -0.4 is 30.7 Å². The molecule has 5 aromatic carbocycles. The van der Waals surface area contributed by atoms with Gasteiger partial charge in [0.1, 0.15) is 22.4 Å². The van der Waals surface area contributed by atoms with Gasteiger partial charge in [-0.3, -0.25) is 0 Å². The van der Waals surface area contributed by atoms with Gasteiger partial charge in [0.15, 0.2) is 29.2 Å². The molecule has 57 heavy (non-hydrogen) atoms. The Kier molecular flexibility index (Phi) is 10.7. The van der Waals surface area contributed by atoms with E-state index in [1.54, 1.807) is 0 Å². The number of anilines is 3. The van der Waals surface area contributed by atoms with Crippen molar-refractivity contribution in [3.8, 4) is 5.69 Å². The van der Waals surface area contributed by atoms with Gasteiger partial charge in [-0.25, -0.2) is 9.98 Å². The number of benzene rings is 5. The van der Waals surface area contributed by atoms with E-state index in [9.17, 15) is 0 Å². The van der Waals surface area contributed by atoms with Crippen molar-refractivity contribution in [3.63, 3.8) is 0 Å². The third kappa shape index (κ3) is 7.36. The normalized spacial score (nSPS) is 17.4. The number of aromatic nitrogens is 2. The van der Waals surface area contributed by atoms with Gasteiger partial charge in [-0.2, -0.15) is 0 Å². The Morgan fingerprint density at radius 1 is 0.719 bits per heavy atom. The topological polar surface area (TPSA) is 105 Å². The predicted octanol–water partition coefficient (Wildman–Crippen LogP) is 10.9. The zero-order valence-electron chi connectivity index (χ0n) is 33.4. The molecule has 1 aliphatic carbocycles. The lowest BCUT2D eigenvalue weighted by molar-refractivity contribution is -0.538. The van der Waals surface area contributed by atoms with Crippen molar-refractivity contribution >= 4 is 73.7 Å². The number of nitrogen functional groups attached to an aromatic ring is 2. The summed E-state index contributed by atoms with van der Waals surface area (Å²) >= 11 is 7.71. The highest BCUT2D eigenvalue weighted by atomic mass is 35.5.